The van der Waals surface area contributed by atoms with Gasteiger partial charge in [-0.05, 0) is 0 Å². The summed E-state index contributed by atoms with van der Waals surface area (Å²) in [4.78, 5) is 11.6. The van der Waals surface area contributed by atoms with E-state index in [0.717, 1.165) is 6.16 Å². The predicted octanol–water partition coefficient (Wildman–Crippen LogP) is 8.32. The zero-order valence-electron chi connectivity index (χ0n) is 18.4. The standard InChI is InChI=1S/C23H46BrO2P/c1-5-9-12-15-19-27(24,20-16-13-10-6-2,21-17-14-11-7-3)22-18-26-23(25)8-4/h8H,4-7,9-22H2,1-3H3. The van der Waals surface area contributed by atoms with Crippen molar-refractivity contribution in [2.24, 2.45) is 0 Å². The summed E-state index contributed by atoms with van der Waals surface area (Å²) in [6, 6.07) is 0. The van der Waals surface area contributed by atoms with Gasteiger partial charge in [0.05, 0.1) is 0 Å². The Balaban J connectivity index is 5.10. The molecule has 0 radical (unpaired) electrons. The molecule has 0 aliphatic rings. The maximum absolute atomic E-state index is 11.6. The van der Waals surface area contributed by atoms with Crippen LogP contribution in [0.3, 0.4) is 0 Å². The molecule has 0 aliphatic heterocycles. The van der Waals surface area contributed by atoms with E-state index in [-0.39, 0.29) is 5.97 Å². The van der Waals surface area contributed by atoms with Crippen LogP contribution in [-0.2, 0) is 9.53 Å². The molecule has 0 atom stereocenters. The molecule has 0 N–H and O–H groups in total. The molecule has 0 aromatic carbocycles. The van der Waals surface area contributed by atoms with Gasteiger partial charge in [-0.3, -0.25) is 0 Å². The molecule has 162 valence electrons. The maximum atomic E-state index is 11.6. The van der Waals surface area contributed by atoms with E-state index in [1.807, 2.05) is 0 Å². The molecular formula is C23H46BrO2P. The van der Waals surface area contributed by atoms with Crippen molar-refractivity contribution in [3.8, 4) is 0 Å². The molecule has 0 rings (SSSR count). The van der Waals surface area contributed by atoms with E-state index in [9.17, 15) is 4.79 Å². The summed E-state index contributed by atoms with van der Waals surface area (Å²) in [5, 5.41) is -2.02. The average Bonchev–Trinajstić information content (AvgIpc) is 2.66. The number of rotatable bonds is 19. The van der Waals surface area contributed by atoms with Crippen molar-refractivity contribution in [3.05, 3.63) is 12.7 Å². The van der Waals surface area contributed by atoms with E-state index in [4.69, 9.17) is 4.74 Å². The normalized spacial score (nSPS) is 13.1. The van der Waals surface area contributed by atoms with Crippen LogP contribution in [-0.4, -0.2) is 37.2 Å². The monoisotopic (exact) mass is 464 g/mol. The van der Waals surface area contributed by atoms with Gasteiger partial charge in [-0.15, -0.1) is 0 Å². The Morgan fingerprint density at radius 2 is 1.19 bits per heavy atom. The molecule has 0 bridgehead atoms. The van der Waals surface area contributed by atoms with Crippen molar-refractivity contribution in [2.75, 3.05) is 31.3 Å². The van der Waals surface area contributed by atoms with Gasteiger partial charge in [0.25, 0.3) is 0 Å². The second kappa shape index (κ2) is 16.0. The second-order valence-electron chi connectivity index (χ2n) is 8.27. The van der Waals surface area contributed by atoms with Gasteiger partial charge in [0.2, 0.25) is 0 Å². The minimum absolute atomic E-state index is 0.282. The van der Waals surface area contributed by atoms with E-state index in [1.54, 1.807) is 0 Å². The van der Waals surface area contributed by atoms with Crippen molar-refractivity contribution in [1.82, 2.24) is 0 Å². The number of hydrogen-bond donors (Lipinski definition) is 0. The first-order valence-electron chi connectivity index (χ1n) is 11.4. The topological polar surface area (TPSA) is 26.3 Å². The number of halogens is 1. The van der Waals surface area contributed by atoms with Gasteiger partial charge in [0.1, 0.15) is 0 Å². The zero-order chi connectivity index (χ0) is 20.5. The van der Waals surface area contributed by atoms with Crippen LogP contribution < -0.4 is 0 Å². The first kappa shape index (κ1) is 27.1. The van der Waals surface area contributed by atoms with Gasteiger partial charge in [0, 0.05) is 0 Å². The van der Waals surface area contributed by atoms with Crippen LogP contribution in [0.1, 0.15) is 97.8 Å². The van der Waals surface area contributed by atoms with Crippen molar-refractivity contribution in [1.29, 1.82) is 0 Å². The first-order chi connectivity index (χ1) is 12.9. The average molecular weight is 465 g/mol. The number of unbranched alkanes of at least 4 members (excludes halogenated alkanes) is 9. The van der Waals surface area contributed by atoms with Gasteiger partial charge in [-0.1, -0.05) is 0 Å². The van der Waals surface area contributed by atoms with Gasteiger partial charge >= 0.3 is 178 Å². The number of hydrogen-bond acceptors (Lipinski definition) is 2. The van der Waals surface area contributed by atoms with Crippen LogP contribution in [0.2, 0.25) is 0 Å². The molecule has 0 fully saturated rings. The number of carbonyl (C=O) groups excluding carboxylic acids is 1. The summed E-state index contributed by atoms with van der Waals surface area (Å²) in [5.41, 5.74) is 0. The Morgan fingerprint density at radius 1 is 0.778 bits per heavy atom. The van der Waals surface area contributed by atoms with Crippen LogP contribution in [0.4, 0.5) is 0 Å². The van der Waals surface area contributed by atoms with E-state index in [1.165, 1.54) is 102 Å². The third kappa shape index (κ3) is 13.1. The third-order valence-corrected chi connectivity index (χ3v) is 15.6. The van der Waals surface area contributed by atoms with Gasteiger partial charge in [-0.25, -0.2) is 0 Å². The van der Waals surface area contributed by atoms with Crippen LogP contribution in [0, 0.1) is 0 Å². The SMILES string of the molecule is C=CC(=O)OCCP(Br)(CCCCCC)(CCCCCC)CCCCCC. The Bertz CT molecular complexity index is 364. The molecule has 0 amide bonds. The first-order valence-corrected chi connectivity index (χ1v) is 16.4. The molecule has 0 heterocycles. The zero-order valence-corrected chi connectivity index (χ0v) is 20.9. The van der Waals surface area contributed by atoms with E-state index < -0.39 is 5.31 Å². The quantitative estimate of drug-likeness (QED) is 0.0830. The summed E-state index contributed by atoms with van der Waals surface area (Å²) in [6.45, 7) is 10.9. The molecular weight excluding hydrogens is 419 g/mol. The van der Waals surface area contributed by atoms with Gasteiger partial charge in [-0.2, -0.15) is 0 Å². The Kier molecular flexibility index (Phi) is 16.0. The predicted molar refractivity (Wildman–Crippen MR) is 129 cm³/mol. The van der Waals surface area contributed by atoms with E-state index in [2.05, 4.69) is 42.8 Å². The van der Waals surface area contributed by atoms with Crippen molar-refractivity contribution >= 4 is 26.8 Å². The van der Waals surface area contributed by atoms with Crippen molar-refractivity contribution in [2.45, 2.75) is 97.8 Å². The summed E-state index contributed by atoms with van der Waals surface area (Å²) in [7, 11) is 0. The molecule has 0 saturated heterocycles. The second-order valence-corrected chi connectivity index (χ2v) is 19.7. The molecule has 0 saturated carbocycles. The number of carbonyl (C=O) groups is 1. The summed E-state index contributed by atoms with van der Waals surface area (Å²) in [5.74, 6) is -0.282. The Labute approximate surface area is 178 Å². The van der Waals surface area contributed by atoms with Gasteiger partial charge < -0.3 is 0 Å². The fourth-order valence-electron chi connectivity index (χ4n) is 3.91. The van der Waals surface area contributed by atoms with Crippen LogP contribution in [0.15, 0.2) is 12.7 Å². The van der Waals surface area contributed by atoms with Crippen LogP contribution in [0.25, 0.3) is 0 Å². The summed E-state index contributed by atoms with van der Waals surface area (Å²) < 4.78 is 5.44. The molecule has 0 aromatic heterocycles. The van der Waals surface area contributed by atoms with Crippen LogP contribution >= 0.6 is 20.8 Å². The van der Waals surface area contributed by atoms with Gasteiger partial charge in [0.15, 0.2) is 0 Å². The van der Waals surface area contributed by atoms with Crippen LogP contribution in [0.5, 0.6) is 0 Å². The number of ether oxygens (including phenoxy) is 1. The summed E-state index contributed by atoms with van der Waals surface area (Å²) >= 11 is 4.44. The molecule has 0 aromatic rings. The Hall–Kier alpha value is 0.120. The number of esters is 1. The molecule has 27 heavy (non-hydrogen) atoms. The third-order valence-electron chi connectivity index (χ3n) is 5.77. The molecule has 0 aliphatic carbocycles. The van der Waals surface area contributed by atoms with Crippen molar-refractivity contribution in [3.63, 3.8) is 0 Å². The molecule has 0 spiro atoms. The van der Waals surface area contributed by atoms with Crippen molar-refractivity contribution < 1.29 is 9.53 Å². The summed E-state index contributed by atoms with van der Waals surface area (Å²) in [6.07, 6.45) is 22.0. The molecule has 4 heteroatoms. The van der Waals surface area contributed by atoms with E-state index in [0.29, 0.717) is 6.61 Å². The minimum atomic E-state index is -2.02. The van der Waals surface area contributed by atoms with E-state index >= 15 is 0 Å². The fourth-order valence-corrected chi connectivity index (χ4v) is 11.5. The fraction of sp³-hybridized carbons (Fsp3) is 0.870. The molecule has 0 unspecified atom stereocenters. The molecule has 2 nitrogen and oxygen atoms in total. The Morgan fingerprint density at radius 3 is 1.52 bits per heavy atom.